The number of rotatable bonds is 6. The molecule has 0 saturated heterocycles. The Balaban J connectivity index is 3.64. The third kappa shape index (κ3) is 7.09. The Morgan fingerprint density at radius 1 is 1.38 bits per heavy atom. The standard InChI is InChI=1S/C11H21NO4/c1-5-15-11(14)12(4)8-6-7-9(2)16-10(3)13/h9H,5-8H2,1-4H3. The van der Waals surface area contributed by atoms with Gasteiger partial charge in [0.25, 0.3) is 0 Å². The molecule has 0 radical (unpaired) electrons. The van der Waals surface area contributed by atoms with Gasteiger partial charge in [-0.2, -0.15) is 0 Å². The van der Waals surface area contributed by atoms with Crippen LogP contribution in [0.2, 0.25) is 0 Å². The zero-order valence-corrected chi connectivity index (χ0v) is 10.5. The van der Waals surface area contributed by atoms with E-state index in [-0.39, 0.29) is 18.2 Å². The van der Waals surface area contributed by atoms with Gasteiger partial charge in [0.1, 0.15) is 0 Å². The molecular formula is C11H21NO4. The Morgan fingerprint density at radius 2 is 2.00 bits per heavy atom. The second-order valence-corrected chi connectivity index (χ2v) is 3.68. The SMILES string of the molecule is CCOC(=O)N(C)CCCC(C)OC(C)=O. The van der Waals surface area contributed by atoms with E-state index in [1.165, 1.54) is 11.8 Å². The lowest BCUT2D eigenvalue weighted by atomic mass is 10.2. The van der Waals surface area contributed by atoms with E-state index in [0.29, 0.717) is 13.2 Å². The number of amides is 1. The quantitative estimate of drug-likeness (QED) is 0.654. The van der Waals surface area contributed by atoms with Crippen LogP contribution in [0.5, 0.6) is 0 Å². The van der Waals surface area contributed by atoms with Crippen LogP contribution in [0.25, 0.3) is 0 Å². The maximum Gasteiger partial charge on any atom is 0.409 e. The van der Waals surface area contributed by atoms with Crippen molar-refractivity contribution in [3.63, 3.8) is 0 Å². The molecule has 0 saturated carbocycles. The van der Waals surface area contributed by atoms with Crippen LogP contribution >= 0.6 is 0 Å². The van der Waals surface area contributed by atoms with Gasteiger partial charge in [0.2, 0.25) is 0 Å². The van der Waals surface area contributed by atoms with Crippen LogP contribution in [0, 0.1) is 0 Å². The van der Waals surface area contributed by atoms with Crippen LogP contribution in [-0.2, 0) is 14.3 Å². The number of hydrogen-bond donors (Lipinski definition) is 0. The molecule has 0 aromatic rings. The van der Waals surface area contributed by atoms with Crippen molar-refractivity contribution in [2.45, 2.75) is 39.7 Å². The summed E-state index contributed by atoms with van der Waals surface area (Å²) in [6.45, 7) is 5.99. The minimum atomic E-state index is -0.317. The zero-order chi connectivity index (χ0) is 12.6. The van der Waals surface area contributed by atoms with Gasteiger partial charge in [-0.25, -0.2) is 4.79 Å². The normalized spacial score (nSPS) is 11.8. The molecule has 16 heavy (non-hydrogen) atoms. The second-order valence-electron chi connectivity index (χ2n) is 3.68. The summed E-state index contributed by atoms with van der Waals surface area (Å²) in [5, 5.41) is 0. The molecule has 0 aromatic heterocycles. The van der Waals surface area contributed by atoms with Crippen molar-refractivity contribution in [1.29, 1.82) is 0 Å². The van der Waals surface area contributed by atoms with Gasteiger partial charge in [-0.3, -0.25) is 4.79 Å². The number of hydrogen-bond acceptors (Lipinski definition) is 4. The number of nitrogens with zero attached hydrogens (tertiary/aromatic N) is 1. The largest absolute Gasteiger partial charge is 0.463 e. The van der Waals surface area contributed by atoms with E-state index in [2.05, 4.69) is 0 Å². The van der Waals surface area contributed by atoms with Crippen LogP contribution in [0.3, 0.4) is 0 Å². The molecule has 1 unspecified atom stereocenters. The molecular weight excluding hydrogens is 210 g/mol. The summed E-state index contributed by atoms with van der Waals surface area (Å²) in [7, 11) is 1.69. The Bertz CT molecular complexity index is 230. The highest BCUT2D eigenvalue weighted by atomic mass is 16.6. The third-order valence-electron chi connectivity index (χ3n) is 2.05. The predicted molar refractivity (Wildman–Crippen MR) is 60.1 cm³/mol. The van der Waals surface area contributed by atoms with Crippen molar-refractivity contribution in [3.8, 4) is 0 Å². The summed E-state index contributed by atoms with van der Waals surface area (Å²) in [5.41, 5.74) is 0. The molecule has 0 bridgehead atoms. The first-order valence-electron chi connectivity index (χ1n) is 5.52. The first-order chi connectivity index (χ1) is 7.47. The van der Waals surface area contributed by atoms with Crippen LogP contribution in [0.1, 0.15) is 33.6 Å². The van der Waals surface area contributed by atoms with Crippen LogP contribution in [-0.4, -0.2) is 43.3 Å². The molecule has 1 atom stereocenters. The highest BCUT2D eigenvalue weighted by molar-refractivity contribution is 5.67. The van der Waals surface area contributed by atoms with Crippen molar-refractivity contribution in [2.75, 3.05) is 20.2 Å². The zero-order valence-electron chi connectivity index (χ0n) is 10.5. The second kappa shape index (κ2) is 7.96. The Morgan fingerprint density at radius 3 is 2.50 bits per heavy atom. The summed E-state index contributed by atoms with van der Waals surface area (Å²) >= 11 is 0. The van der Waals surface area contributed by atoms with E-state index in [0.717, 1.165) is 12.8 Å². The first kappa shape index (κ1) is 14.7. The Labute approximate surface area is 96.7 Å². The molecule has 0 aliphatic rings. The molecule has 0 rings (SSSR count). The van der Waals surface area contributed by atoms with E-state index >= 15 is 0 Å². The molecule has 5 nitrogen and oxygen atoms in total. The first-order valence-corrected chi connectivity index (χ1v) is 5.52. The average Bonchev–Trinajstić information content (AvgIpc) is 2.16. The van der Waals surface area contributed by atoms with Gasteiger partial charge in [-0.1, -0.05) is 0 Å². The molecule has 0 aromatic carbocycles. The van der Waals surface area contributed by atoms with Crippen LogP contribution in [0.4, 0.5) is 4.79 Å². The lowest BCUT2D eigenvalue weighted by Crippen LogP contribution is -2.29. The van der Waals surface area contributed by atoms with Gasteiger partial charge in [0.05, 0.1) is 12.7 Å². The highest BCUT2D eigenvalue weighted by Gasteiger charge is 2.10. The fourth-order valence-corrected chi connectivity index (χ4v) is 1.28. The monoisotopic (exact) mass is 231 g/mol. The molecule has 94 valence electrons. The predicted octanol–water partition coefficient (Wildman–Crippen LogP) is 1.81. The van der Waals surface area contributed by atoms with Crippen molar-refractivity contribution in [3.05, 3.63) is 0 Å². The van der Waals surface area contributed by atoms with Crippen molar-refractivity contribution in [2.24, 2.45) is 0 Å². The van der Waals surface area contributed by atoms with Gasteiger partial charge in [-0.05, 0) is 26.7 Å². The molecule has 0 aliphatic carbocycles. The van der Waals surface area contributed by atoms with Crippen molar-refractivity contribution in [1.82, 2.24) is 4.90 Å². The molecule has 0 spiro atoms. The number of ether oxygens (including phenoxy) is 2. The summed E-state index contributed by atoms with van der Waals surface area (Å²) in [4.78, 5) is 23.4. The van der Waals surface area contributed by atoms with Gasteiger partial charge < -0.3 is 14.4 Å². The van der Waals surface area contributed by atoms with E-state index in [4.69, 9.17) is 9.47 Å². The molecule has 0 heterocycles. The minimum Gasteiger partial charge on any atom is -0.463 e. The number of carbonyl (C=O) groups is 2. The maximum atomic E-state index is 11.2. The lowest BCUT2D eigenvalue weighted by molar-refractivity contribution is -0.145. The van der Waals surface area contributed by atoms with E-state index in [9.17, 15) is 9.59 Å². The smallest absolute Gasteiger partial charge is 0.409 e. The fraction of sp³-hybridized carbons (Fsp3) is 0.818. The summed E-state index contributed by atoms with van der Waals surface area (Å²) in [5.74, 6) is -0.272. The average molecular weight is 231 g/mol. The topological polar surface area (TPSA) is 55.8 Å². The van der Waals surface area contributed by atoms with Crippen LogP contribution in [0.15, 0.2) is 0 Å². The van der Waals surface area contributed by atoms with E-state index < -0.39 is 0 Å². The van der Waals surface area contributed by atoms with Crippen LogP contribution < -0.4 is 0 Å². The third-order valence-corrected chi connectivity index (χ3v) is 2.05. The molecule has 0 fully saturated rings. The molecule has 1 amide bonds. The lowest BCUT2D eigenvalue weighted by Gasteiger charge is -2.17. The highest BCUT2D eigenvalue weighted by Crippen LogP contribution is 2.03. The van der Waals surface area contributed by atoms with Gasteiger partial charge >= 0.3 is 12.1 Å². The van der Waals surface area contributed by atoms with E-state index in [1.807, 2.05) is 6.92 Å². The summed E-state index contributed by atoms with van der Waals surface area (Å²) < 4.78 is 9.79. The molecule has 5 heteroatoms. The van der Waals surface area contributed by atoms with Gasteiger partial charge in [0, 0.05) is 20.5 Å². The van der Waals surface area contributed by atoms with Crippen molar-refractivity contribution < 1.29 is 19.1 Å². The number of carbonyl (C=O) groups excluding carboxylic acids is 2. The number of esters is 1. The molecule has 0 aliphatic heterocycles. The summed E-state index contributed by atoms with van der Waals surface area (Å²) in [6.07, 6.45) is 1.10. The van der Waals surface area contributed by atoms with Crippen molar-refractivity contribution >= 4 is 12.1 Å². The Kier molecular flexibility index (Phi) is 7.33. The van der Waals surface area contributed by atoms with Gasteiger partial charge in [-0.15, -0.1) is 0 Å². The Hall–Kier alpha value is -1.26. The van der Waals surface area contributed by atoms with E-state index in [1.54, 1.807) is 14.0 Å². The maximum absolute atomic E-state index is 11.2. The summed E-state index contributed by atoms with van der Waals surface area (Å²) in [6, 6.07) is 0. The fourth-order valence-electron chi connectivity index (χ4n) is 1.28. The minimum absolute atomic E-state index is 0.104. The van der Waals surface area contributed by atoms with Gasteiger partial charge in [0.15, 0.2) is 0 Å². The molecule has 0 N–H and O–H groups in total.